The van der Waals surface area contributed by atoms with E-state index in [1.807, 2.05) is 6.92 Å². The van der Waals surface area contributed by atoms with Crippen molar-refractivity contribution in [1.29, 1.82) is 0 Å². The molecule has 0 aliphatic carbocycles. The van der Waals surface area contributed by atoms with Crippen LogP contribution in [0.1, 0.15) is 33.8 Å². The van der Waals surface area contributed by atoms with Gasteiger partial charge in [-0.2, -0.15) is 0 Å². The highest BCUT2D eigenvalue weighted by molar-refractivity contribution is 9.11. The molecule has 1 amide bonds. The summed E-state index contributed by atoms with van der Waals surface area (Å²) in [5, 5.41) is 2.76. The number of rotatable bonds is 3. The van der Waals surface area contributed by atoms with Crippen LogP contribution in [0.25, 0.3) is 0 Å². The maximum absolute atomic E-state index is 13.2. The number of aryl methyl sites for hydroxylation is 1. The van der Waals surface area contributed by atoms with Gasteiger partial charge in [0.05, 0.1) is 14.7 Å². The van der Waals surface area contributed by atoms with Crippen LogP contribution in [0.15, 0.2) is 28.1 Å². The second-order valence-electron chi connectivity index (χ2n) is 4.44. The standard InChI is InChI=1S/C14H12BrF2NOS/c1-7-5-12(20-13(7)15)14(19)18-8(2)9-3-4-10(16)11(17)6-9/h3-6,8H,1-2H3,(H,18,19). The maximum atomic E-state index is 13.2. The fraction of sp³-hybridized carbons (Fsp3) is 0.214. The molecule has 0 aliphatic heterocycles. The van der Waals surface area contributed by atoms with Gasteiger partial charge in [-0.3, -0.25) is 4.79 Å². The lowest BCUT2D eigenvalue weighted by molar-refractivity contribution is 0.0944. The minimum absolute atomic E-state index is 0.235. The number of hydrogen-bond acceptors (Lipinski definition) is 2. The highest BCUT2D eigenvalue weighted by atomic mass is 79.9. The fourth-order valence-electron chi connectivity index (χ4n) is 1.70. The average molecular weight is 360 g/mol. The zero-order valence-electron chi connectivity index (χ0n) is 10.8. The van der Waals surface area contributed by atoms with Crippen molar-refractivity contribution in [1.82, 2.24) is 5.32 Å². The highest BCUT2D eigenvalue weighted by Crippen LogP contribution is 2.27. The van der Waals surface area contributed by atoms with Crippen molar-refractivity contribution in [3.05, 3.63) is 55.7 Å². The van der Waals surface area contributed by atoms with Crippen LogP contribution in [0.3, 0.4) is 0 Å². The minimum atomic E-state index is -0.918. The molecule has 106 valence electrons. The van der Waals surface area contributed by atoms with Gasteiger partial charge in [-0.05, 0) is 59.1 Å². The van der Waals surface area contributed by atoms with Gasteiger partial charge in [-0.1, -0.05) is 6.07 Å². The van der Waals surface area contributed by atoms with Crippen LogP contribution in [-0.4, -0.2) is 5.91 Å². The van der Waals surface area contributed by atoms with Crippen molar-refractivity contribution in [3.8, 4) is 0 Å². The van der Waals surface area contributed by atoms with E-state index in [2.05, 4.69) is 21.2 Å². The molecular formula is C14H12BrF2NOS. The second-order valence-corrected chi connectivity index (χ2v) is 6.81. The number of carbonyl (C=O) groups excluding carboxylic acids is 1. The minimum Gasteiger partial charge on any atom is -0.345 e. The van der Waals surface area contributed by atoms with Crippen molar-refractivity contribution in [3.63, 3.8) is 0 Å². The van der Waals surface area contributed by atoms with E-state index in [1.54, 1.807) is 13.0 Å². The average Bonchev–Trinajstić information content (AvgIpc) is 2.73. The van der Waals surface area contributed by atoms with Gasteiger partial charge >= 0.3 is 0 Å². The molecule has 1 N–H and O–H groups in total. The SMILES string of the molecule is Cc1cc(C(=O)NC(C)c2ccc(F)c(F)c2)sc1Br. The van der Waals surface area contributed by atoms with Crippen molar-refractivity contribution >= 4 is 33.2 Å². The zero-order valence-corrected chi connectivity index (χ0v) is 13.2. The molecule has 1 aromatic heterocycles. The first kappa shape index (κ1) is 15.1. The molecule has 0 bridgehead atoms. The van der Waals surface area contributed by atoms with Gasteiger partial charge in [0.15, 0.2) is 11.6 Å². The van der Waals surface area contributed by atoms with Crippen LogP contribution in [0.2, 0.25) is 0 Å². The number of nitrogens with one attached hydrogen (secondary N) is 1. The van der Waals surface area contributed by atoms with E-state index < -0.39 is 17.7 Å². The van der Waals surface area contributed by atoms with Crippen molar-refractivity contribution < 1.29 is 13.6 Å². The molecule has 20 heavy (non-hydrogen) atoms. The maximum Gasteiger partial charge on any atom is 0.261 e. The molecule has 0 saturated carbocycles. The predicted octanol–water partition coefficient (Wildman–Crippen LogP) is 4.59. The molecule has 0 aliphatic rings. The summed E-state index contributed by atoms with van der Waals surface area (Å²) in [4.78, 5) is 12.6. The number of thiophene rings is 1. The third-order valence-electron chi connectivity index (χ3n) is 2.87. The lowest BCUT2D eigenvalue weighted by Gasteiger charge is -2.13. The Morgan fingerprint density at radius 3 is 2.55 bits per heavy atom. The summed E-state index contributed by atoms with van der Waals surface area (Å²) in [6, 6.07) is 4.98. The Morgan fingerprint density at radius 1 is 1.30 bits per heavy atom. The molecule has 0 saturated heterocycles. The third-order valence-corrected chi connectivity index (χ3v) is 5.01. The van der Waals surface area contributed by atoms with Crippen LogP contribution in [0, 0.1) is 18.6 Å². The Hall–Kier alpha value is -1.27. The number of carbonyl (C=O) groups is 1. The predicted molar refractivity (Wildman–Crippen MR) is 79.0 cm³/mol. The summed E-state index contributed by atoms with van der Waals surface area (Å²) in [7, 11) is 0. The Morgan fingerprint density at radius 2 is 2.00 bits per heavy atom. The van der Waals surface area contributed by atoms with Gasteiger partial charge < -0.3 is 5.32 Å². The van der Waals surface area contributed by atoms with E-state index in [0.717, 1.165) is 21.5 Å². The molecule has 2 aromatic rings. The summed E-state index contributed by atoms with van der Waals surface area (Å²) >= 11 is 4.70. The monoisotopic (exact) mass is 359 g/mol. The van der Waals surface area contributed by atoms with E-state index in [9.17, 15) is 13.6 Å². The lowest BCUT2D eigenvalue weighted by atomic mass is 10.1. The summed E-state index contributed by atoms with van der Waals surface area (Å²) in [5.41, 5.74) is 1.50. The van der Waals surface area contributed by atoms with Crippen LogP contribution in [0.5, 0.6) is 0 Å². The first-order valence-electron chi connectivity index (χ1n) is 5.90. The lowest BCUT2D eigenvalue weighted by Crippen LogP contribution is -2.26. The second kappa shape index (κ2) is 6.01. The molecule has 2 rings (SSSR count). The van der Waals surface area contributed by atoms with Gasteiger partial charge in [0, 0.05) is 0 Å². The molecule has 1 heterocycles. The number of amides is 1. The van der Waals surface area contributed by atoms with Gasteiger partial charge in [0.1, 0.15) is 0 Å². The van der Waals surface area contributed by atoms with E-state index in [4.69, 9.17) is 0 Å². The molecule has 2 nitrogen and oxygen atoms in total. The van der Waals surface area contributed by atoms with Crippen molar-refractivity contribution in [2.45, 2.75) is 19.9 Å². The molecule has 0 fully saturated rings. The van der Waals surface area contributed by atoms with E-state index in [-0.39, 0.29) is 5.91 Å². The van der Waals surface area contributed by atoms with E-state index >= 15 is 0 Å². The van der Waals surface area contributed by atoms with Gasteiger partial charge in [-0.25, -0.2) is 8.78 Å². The largest absolute Gasteiger partial charge is 0.345 e. The third kappa shape index (κ3) is 3.24. The van der Waals surface area contributed by atoms with Gasteiger partial charge in [0.25, 0.3) is 5.91 Å². The fourth-order valence-corrected chi connectivity index (χ4v) is 3.14. The van der Waals surface area contributed by atoms with Crippen molar-refractivity contribution in [2.75, 3.05) is 0 Å². The summed E-state index contributed by atoms with van der Waals surface area (Å²) in [6.07, 6.45) is 0. The normalized spacial score (nSPS) is 12.2. The Bertz CT molecular complexity index is 637. The molecule has 0 spiro atoms. The van der Waals surface area contributed by atoms with Crippen molar-refractivity contribution in [2.24, 2.45) is 0 Å². The van der Waals surface area contributed by atoms with Crippen LogP contribution >= 0.6 is 27.3 Å². The van der Waals surface area contributed by atoms with E-state index in [1.165, 1.54) is 17.4 Å². The smallest absolute Gasteiger partial charge is 0.261 e. The molecule has 1 atom stereocenters. The Kier molecular flexibility index (Phi) is 4.55. The molecular weight excluding hydrogens is 348 g/mol. The molecule has 1 unspecified atom stereocenters. The Labute approximate surface area is 127 Å². The van der Waals surface area contributed by atoms with Crippen LogP contribution in [0.4, 0.5) is 8.78 Å². The van der Waals surface area contributed by atoms with Gasteiger partial charge in [-0.15, -0.1) is 11.3 Å². The first-order valence-corrected chi connectivity index (χ1v) is 7.51. The zero-order chi connectivity index (χ0) is 14.9. The van der Waals surface area contributed by atoms with E-state index in [0.29, 0.717) is 10.4 Å². The topological polar surface area (TPSA) is 29.1 Å². The first-order chi connectivity index (χ1) is 9.38. The number of benzene rings is 1. The molecule has 0 radical (unpaired) electrons. The number of hydrogen-bond donors (Lipinski definition) is 1. The van der Waals surface area contributed by atoms with Gasteiger partial charge in [0.2, 0.25) is 0 Å². The number of halogens is 3. The quantitative estimate of drug-likeness (QED) is 0.853. The molecule has 1 aromatic carbocycles. The molecule has 6 heteroatoms. The van der Waals surface area contributed by atoms with Crippen LogP contribution in [-0.2, 0) is 0 Å². The summed E-state index contributed by atoms with van der Waals surface area (Å²) in [6.45, 7) is 3.62. The van der Waals surface area contributed by atoms with Crippen LogP contribution < -0.4 is 5.32 Å². The summed E-state index contributed by atoms with van der Waals surface area (Å²) < 4.78 is 26.9. The highest BCUT2D eigenvalue weighted by Gasteiger charge is 2.15. The summed E-state index contributed by atoms with van der Waals surface area (Å²) in [5.74, 6) is -2.05. The Balaban J connectivity index is 2.12.